The summed E-state index contributed by atoms with van der Waals surface area (Å²) in [6.07, 6.45) is 29.8. The van der Waals surface area contributed by atoms with Crippen molar-refractivity contribution in [2.24, 2.45) is 40.4 Å². The molecule has 0 radical (unpaired) electrons. The molecule has 302 valence electrons. The van der Waals surface area contributed by atoms with Crippen LogP contribution in [-0.4, -0.2) is 0 Å². The lowest BCUT2D eigenvalue weighted by Crippen LogP contribution is -2.78. The van der Waals surface area contributed by atoms with Gasteiger partial charge in [0.15, 0.2) is 0 Å². The number of benzene rings is 4. The molecule has 8 saturated carbocycles. The Morgan fingerprint density at radius 3 is 1.30 bits per heavy atom. The number of rotatable bonds is 13. The summed E-state index contributed by atoms with van der Waals surface area (Å²) < 4.78 is 0. The third-order valence-corrected chi connectivity index (χ3v) is 17.9. The first-order valence-electron chi connectivity index (χ1n) is 22.8. The smallest absolute Gasteiger partial charge is 0.0379 e. The minimum atomic E-state index is -0.547. The van der Waals surface area contributed by atoms with Crippen molar-refractivity contribution in [1.82, 2.24) is 0 Å². The standard InChI is InChI=1S/C60H62/c1-9-43-21-17-25-52(48(43)13-5)56-47-32-42-36-58(38-47,57-33-39-29-40(34-57)31-41(30-39)35-57)60(54-27-19-23-45(11-3)50(54)15-7,55-28-20-24-46(12-4)51(55)16-8)59(56,37-42)53-26-18-22-44(10-2)49(53)14-6/h9-28,39-42,47,56H,1-8,29-38H2. The molecule has 0 nitrogen and oxygen atoms in total. The van der Waals surface area contributed by atoms with Crippen molar-refractivity contribution in [2.45, 2.75) is 81.0 Å². The summed E-state index contributed by atoms with van der Waals surface area (Å²) >= 11 is 0. The van der Waals surface area contributed by atoms with Crippen molar-refractivity contribution >= 4 is 48.6 Å². The summed E-state index contributed by atoms with van der Waals surface area (Å²) in [6.45, 7) is 36.2. The van der Waals surface area contributed by atoms with Crippen LogP contribution in [0, 0.1) is 40.4 Å². The molecule has 8 aliphatic carbocycles. The van der Waals surface area contributed by atoms with Crippen molar-refractivity contribution in [3.8, 4) is 0 Å². The van der Waals surface area contributed by atoms with Gasteiger partial charge < -0.3 is 0 Å². The fourth-order valence-electron chi connectivity index (χ4n) is 17.1. The SMILES string of the molecule is C=Cc1cccc(C2C3CC4CC2(c2cccc(C=C)c2C=C)C(c2cccc(C=C)c2C=C)(c2cccc(C=C)c2C=C)C(C25CC6CC(CC(C6)C2)C5)(C4)C3)c1C=C. The molecule has 5 unspecified atom stereocenters. The van der Waals surface area contributed by atoms with Crippen molar-refractivity contribution in [2.75, 3.05) is 0 Å². The zero-order chi connectivity index (χ0) is 41.6. The van der Waals surface area contributed by atoms with Gasteiger partial charge in [0.05, 0.1) is 0 Å². The normalized spacial score (nSPS) is 32.5. The summed E-state index contributed by atoms with van der Waals surface area (Å²) in [5, 5.41) is 0. The molecule has 0 aromatic heterocycles. The largest absolute Gasteiger partial charge is 0.0984 e. The Kier molecular flexibility index (Phi) is 9.22. The van der Waals surface area contributed by atoms with Gasteiger partial charge in [-0.05, 0) is 177 Å². The molecule has 12 rings (SSSR count). The lowest BCUT2D eigenvalue weighted by molar-refractivity contribution is -0.250. The second-order valence-electron chi connectivity index (χ2n) is 19.9. The van der Waals surface area contributed by atoms with Crippen LogP contribution in [0.15, 0.2) is 125 Å². The molecular weight excluding hydrogens is 721 g/mol. The van der Waals surface area contributed by atoms with Gasteiger partial charge in [0.2, 0.25) is 0 Å². The molecule has 0 spiro atoms. The molecule has 60 heavy (non-hydrogen) atoms. The first-order chi connectivity index (χ1) is 29.3. The van der Waals surface area contributed by atoms with E-state index in [1.165, 1.54) is 102 Å². The van der Waals surface area contributed by atoms with E-state index in [1.807, 2.05) is 6.08 Å². The maximum atomic E-state index is 4.67. The van der Waals surface area contributed by atoms with Crippen molar-refractivity contribution < 1.29 is 0 Å². The minimum Gasteiger partial charge on any atom is -0.0984 e. The van der Waals surface area contributed by atoms with Gasteiger partial charge >= 0.3 is 0 Å². The van der Waals surface area contributed by atoms with Crippen LogP contribution in [-0.2, 0) is 10.8 Å². The molecule has 0 heterocycles. The zero-order valence-electron chi connectivity index (χ0n) is 35.7. The maximum Gasteiger partial charge on any atom is 0.0379 e. The van der Waals surface area contributed by atoms with Gasteiger partial charge in [0.1, 0.15) is 0 Å². The van der Waals surface area contributed by atoms with E-state index in [4.69, 9.17) is 0 Å². The molecule has 0 heteroatoms. The van der Waals surface area contributed by atoms with Gasteiger partial charge in [-0.2, -0.15) is 0 Å². The second-order valence-corrected chi connectivity index (χ2v) is 19.9. The van der Waals surface area contributed by atoms with Gasteiger partial charge in [0, 0.05) is 10.8 Å². The molecule has 0 aliphatic heterocycles. The van der Waals surface area contributed by atoms with E-state index >= 15 is 0 Å². The van der Waals surface area contributed by atoms with Crippen molar-refractivity contribution in [1.29, 1.82) is 0 Å². The summed E-state index contributed by atoms with van der Waals surface area (Å²) in [5.74, 6) is 3.59. The summed E-state index contributed by atoms with van der Waals surface area (Å²) in [7, 11) is 0. The molecule has 4 aromatic carbocycles. The van der Waals surface area contributed by atoms with Crippen LogP contribution in [0.2, 0.25) is 0 Å². The Morgan fingerprint density at radius 1 is 0.400 bits per heavy atom. The van der Waals surface area contributed by atoms with Crippen LogP contribution >= 0.6 is 0 Å². The Labute approximate surface area is 360 Å². The fourth-order valence-corrected chi connectivity index (χ4v) is 17.1. The lowest BCUT2D eigenvalue weighted by Gasteiger charge is -2.82. The third kappa shape index (κ3) is 4.80. The lowest BCUT2D eigenvalue weighted by atomic mass is 9.21. The monoisotopic (exact) mass is 782 g/mol. The molecule has 0 saturated heterocycles. The number of hydrogen-bond donors (Lipinski definition) is 0. The van der Waals surface area contributed by atoms with Crippen LogP contribution in [0.1, 0.15) is 137 Å². The summed E-state index contributed by atoms with van der Waals surface area (Å²) in [4.78, 5) is 0. The number of hydrogen-bond acceptors (Lipinski definition) is 0. The quantitative estimate of drug-likeness (QED) is 0.127. The van der Waals surface area contributed by atoms with Crippen LogP contribution in [0.3, 0.4) is 0 Å². The van der Waals surface area contributed by atoms with Gasteiger partial charge in [-0.25, -0.2) is 0 Å². The van der Waals surface area contributed by atoms with E-state index in [1.54, 1.807) is 0 Å². The van der Waals surface area contributed by atoms with E-state index in [0.29, 0.717) is 11.8 Å². The van der Waals surface area contributed by atoms with Gasteiger partial charge in [0.25, 0.3) is 0 Å². The fraction of sp³-hybridized carbons (Fsp3) is 0.333. The predicted octanol–water partition coefficient (Wildman–Crippen LogP) is 15.9. The highest BCUT2D eigenvalue weighted by molar-refractivity contribution is 5.79. The van der Waals surface area contributed by atoms with Crippen LogP contribution < -0.4 is 0 Å². The van der Waals surface area contributed by atoms with Crippen molar-refractivity contribution in [3.05, 3.63) is 192 Å². The van der Waals surface area contributed by atoms with E-state index in [0.717, 1.165) is 46.4 Å². The third-order valence-electron chi connectivity index (χ3n) is 17.9. The second kappa shape index (κ2) is 14.2. The van der Waals surface area contributed by atoms with Gasteiger partial charge in [-0.15, -0.1) is 0 Å². The first kappa shape index (κ1) is 39.0. The minimum absolute atomic E-state index is 0.0829. The highest BCUT2D eigenvalue weighted by Crippen LogP contribution is 2.87. The van der Waals surface area contributed by atoms with Crippen LogP contribution in [0.5, 0.6) is 0 Å². The highest BCUT2D eigenvalue weighted by Gasteiger charge is 2.82. The molecule has 5 atom stereocenters. The van der Waals surface area contributed by atoms with Gasteiger partial charge in [-0.1, -0.05) is 174 Å². The molecular formula is C60H62. The Bertz CT molecular complexity index is 2420. The average Bonchev–Trinajstić information content (AvgIpc) is 3.27. The molecule has 8 fully saturated rings. The Balaban J connectivity index is 1.51. The van der Waals surface area contributed by atoms with Crippen LogP contribution in [0.25, 0.3) is 48.6 Å². The molecule has 0 N–H and O–H groups in total. The Morgan fingerprint density at radius 2 is 0.833 bits per heavy atom. The maximum absolute atomic E-state index is 4.67. The van der Waals surface area contributed by atoms with E-state index < -0.39 is 10.8 Å². The average molecular weight is 783 g/mol. The van der Waals surface area contributed by atoms with Crippen molar-refractivity contribution in [3.63, 3.8) is 0 Å². The summed E-state index contributed by atoms with van der Waals surface area (Å²) in [6, 6.07) is 28.2. The first-order valence-corrected chi connectivity index (χ1v) is 22.8. The summed E-state index contributed by atoms with van der Waals surface area (Å²) in [5.41, 5.74) is 14.1. The highest BCUT2D eigenvalue weighted by atomic mass is 14.8. The molecule has 8 aliphatic rings. The van der Waals surface area contributed by atoms with E-state index in [9.17, 15) is 0 Å². The van der Waals surface area contributed by atoms with E-state index in [2.05, 4.69) is 168 Å². The molecule has 4 aromatic rings. The van der Waals surface area contributed by atoms with Gasteiger partial charge in [-0.3, -0.25) is 0 Å². The molecule has 0 amide bonds. The van der Waals surface area contributed by atoms with Crippen LogP contribution in [0.4, 0.5) is 0 Å². The zero-order valence-corrected chi connectivity index (χ0v) is 35.7. The predicted molar refractivity (Wildman–Crippen MR) is 260 cm³/mol. The molecule has 8 bridgehead atoms. The Hall–Kier alpha value is -5.20. The van der Waals surface area contributed by atoms with E-state index in [-0.39, 0.29) is 16.7 Å². The topological polar surface area (TPSA) is 0 Å².